The molecule has 0 spiro atoms. The number of rotatable bonds is 2. The van der Waals surface area contributed by atoms with Gasteiger partial charge in [-0.2, -0.15) is 0 Å². The smallest absolute Gasteiger partial charge is 0.147 e. The molecule has 1 aromatic heterocycles. The van der Waals surface area contributed by atoms with Crippen molar-refractivity contribution in [3.63, 3.8) is 0 Å². The molecule has 2 rings (SSSR count). The van der Waals surface area contributed by atoms with Crippen LogP contribution in [0.5, 0.6) is 0 Å². The van der Waals surface area contributed by atoms with E-state index in [1.54, 1.807) is 6.07 Å². The van der Waals surface area contributed by atoms with Crippen LogP contribution in [0, 0.1) is 5.92 Å². The lowest BCUT2D eigenvalue weighted by atomic mass is 10.1. The van der Waals surface area contributed by atoms with Gasteiger partial charge >= 0.3 is 0 Å². The van der Waals surface area contributed by atoms with Crippen LogP contribution in [0.3, 0.4) is 0 Å². The molecule has 2 atom stereocenters. The molecule has 0 aliphatic heterocycles. The largest absolute Gasteiger partial charge is 0.382 e. The Morgan fingerprint density at radius 3 is 2.75 bits per heavy atom. The van der Waals surface area contributed by atoms with E-state index in [-0.39, 0.29) is 0 Å². The molecule has 5 heteroatoms. The number of anilines is 2. The Kier molecular flexibility index (Phi) is 3.45. The molecule has 3 N–H and O–H groups in total. The van der Waals surface area contributed by atoms with Gasteiger partial charge in [-0.1, -0.05) is 36.5 Å². The molecule has 88 valence electrons. The first-order chi connectivity index (χ1) is 7.58. The highest BCUT2D eigenvalue weighted by Crippen LogP contribution is 2.32. The lowest BCUT2D eigenvalue weighted by molar-refractivity contribution is 0.555. The number of pyridine rings is 1. The zero-order valence-corrected chi connectivity index (χ0v) is 10.6. The number of nitrogens with zero attached hydrogens (tertiary/aromatic N) is 1. The Labute approximate surface area is 105 Å². The van der Waals surface area contributed by atoms with Crippen molar-refractivity contribution < 1.29 is 0 Å². The van der Waals surface area contributed by atoms with Crippen molar-refractivity contribution in [3.05, 3.63) is 16.1 Å². The Balaban J connectivity index is 2.18. The average molecular weight is 260 g/mol. The summed E-state index contributed by atoms with van der Waals surface area (Å²) in [4.78, 5) is 4.17. The van der Waals surface area contributed by atoms with Crippen LogP contribution in [0.2, 0.25) is 10.0 Å². The van der Waals surface area contributed by atoms with E-state index >= 15 is 0 Å². The maximum atomic E-state index is 6.06. The zero-order chi connectivity index (χ0) is 11.7. The highest BCUT2D eigenvalue weighted by Gasteiger charge is 2.24. The van der Waals surface area contributed by atoms with Crippen molar-refractivity contribution in [1.29, 1.82) is 0 Å². The first-order valence-corrected chi connectivity index (χ1v) is 6.21. The maximum absolute atomic E-state index is 6.06. The van der Waals surface area contributed by atoms with Crippen LogP contribution < -0.4 is 11.1 Å². The Morgan fingerprint density at radius 1 is 1.38 bits per heavy atom. The molecule has 0 radical (unpaired) electrons. The van der Waals surface area contributed by atoms with Gasteiger partial charge in [-0.25, -0.2) is 4.98 Å². The monoisotopic (exact) mass is 259 g/mol. The van der Waals surface area contributed by atoms with E-state index < -0.39 is 0 Å². The second-order valence-electron chi connectivity index (χ2n) is 4.34. The molecular weight excluding hydrogens is 245 g/mol. The molecule has 1 aliphatic rings. The van der Waals surface area contributed by atoms with E-state index in [2.05, 4.69) is 17.2 Å². The quantitative estimate of drug-likeness (QED) is 0.854. The zero-order valence-electron chi connectivity index (χ0n) is 9.13. The first kappa shape index (κ1) is 11.8. The second-order valence-corrected chi connectivity index (χ2v) is 5.16. The van der Waals surface area contributed by atoms with Crippen LogP contribution in [0.4, 0.5) is 11.6 Å². The molecule has 1 aliphatic carbocycles. The number of aromatic nitrogens is 1. The highest BCUT2D eigenvalue weighted by atomic mass is 35.5. The number of nitrogen functional groups attached to an aromatic ring is 1. The topological polar surface area (TPSA) is 50.9 Å². The van der Waals surface area contributed by atoms with Crippen LogP contribution in [-0.4, -0.2) is 11.0 Å². The van der Waals surface area contributed by atoms with Gasteiger partial charge in [0.15, 0.2) is 0 Å². The maximum Gasteiger partial charge on any atom is 0.147 e. The SMILES string of the molecule is CC1CCCC1Nc1nc(N)c(Cl)cc1Cl. The lowest BCUT2D eigenvalue weighted by Crippen LogP contribution is -2.22. The molecule has 2 unspecified atom stereocenters. The molecule has 3 nitrogen and oxygen atoms in total. The predicted octanol–water partition coefficient (Wildman–Crippen LogP) is 3.57. The second kappa shape index (κ2) is 4.68. The third-order valence-corrected chi connectivity index (χ3v) is 3.73. The normalized spacial score (nSPS) is 24.7. The van der Waals surface area contributed by atoms with Crippen LogP contribution >= 0.6 is 23.2 Å². The number of hydrogen-bond acceptors (Lipinski definition) is 3. The van der Waals surface area contributed by atoms with Gasteiger partial charge in [0.1, 0.15) is 11.6 Å². The van der Waals surface area contributed by atoms with Crippen LogP contribution in [0.1, 0.15) is 26.2 Å². The third-order valence-electron chi connectivity index (χ3n) is 3.14. The fraction of sp³-hybridized carbons (Fsp3) is 0.545. The average Bonchev–Trinajstić information content (AvgIpc) is 2.61. The summed E-state index contributed by atoms with van der Waals surface area (Å²) in [7, 11) is 0. The number of nitrogens with two attached hydrogens (primary N) is 1. The van der Waals surface area contributed by atoms with Crippen molar-refractivity contribution >= 4 is 34.8 Å². The summed E-state index contributed by atoms with van der Waals surface area (Å²) in [6.07, 6.45) is 3.65. The van der Waals surface area contributed by atoms with E-state index in [4.69, 9.17) is 28.9 Å². The van der Waals surface area contributed by atoms with Gasteiger partial charge in [0.25, 0.3) is 0 Å². The molecule has 0 amide bonds. The first-order valence-electron chi connectivity index (χ1n) is 5.46. The summed E-state index contributed by atoms with van der Waals surface area (Å²) >= 11 is 11.9. The molecule has 0 bridgehead atoms. The number of halogens is 2. The number of nitrogens with one attached hydrogen (secondary N) is 1. The third kappa shape index (κ3) is 2.36. The Morgan fingerprint density at radius 2 is 2.12 bits per heavy atom. The molecular formula is C11H15Cl2N3. The van der Waals surface area contributed by atoms with Crippen LogP contribution in [-0.2, 0) is 0 Å². The number of hydrogen-bond donors (Lipinski definition) is 2. The van der Waals surface area contributed by atoms with E-state index in [0.29, 0.717) is 33.6 Å². The molecule has 16 heavy (non-hydrogen) atoms. The molecule has 0 aromatic carbocycles. The Bertz CT molecular complexity index is 395. The predicted molar refractivity (Wildman–Crippen MR) is 69.1 cm³/mol. The summed E-state index contributed by atoms with van der Waals surface area (Å²) in [6, 6.07) is 2.07. The van der Waals surface area contributed by atoms with Gasteiger partial charge in [-0.3, -0.25) is 0 Å². The van der Waals surface area contributed by atoms with Crippen molar-refractivity contribution in [3.8, 4) is 0 Å². The highest BCUT2D eigenvalue weighted by molar-refractivity contribution is 6.37. The summed E-state index contributed by atoms with van der Waals surface area (Å²) in [5, 5.41) is 4.27. The van der Waals surface area contributed by atoms with Crippen molar-refractivity contribution in [2.24, 2.45) is 5.92 Å². The van der Waals surface area contributed by atoms with Gasteiger partial charge in [0.2, 0.25) is 0 Å². The van der Waals surface area contributed by atoms with Crippen molar-refractivity contribution in [2.45, 2.75) is 32.2 Å². The van der Waals surface area contributed by atoms with Crippen LogP contribution in [0.25, 0.3) is 0 Å². The van der Waals surface area contributed by atoms with E-state index in [1.807, 2.05) is 0 Å². The Hall–Kier alpha value is -0.670. The summed E-state index contributed by atoms with van der Waals surface area (Å²) < 4.78 is 0. The van der Waals surface area contributed by atoms with Crippen molar-refractivity contribution in [1.82, 2.24) is 4.98 Å². The summed E-state index contributed by atoms with van der Waals surface area (Å²) in [6.45, 7) is 2.23. The van der Waals surface area contributed by atoms with Gasteiger partial charge in [-0.15, -0.1) is 0 Å². The molecule has 1 fully saturated rings. The van der Waals surface area contributed by atoms with Gasteiger partial charge in [0, 0.05) is 6.04 Å². The fourth-order valence-electron chi connectivity index (χ4n) is 2.12. The van der Waals surface area contributed by atoms with E-state index in [1.165, 1.54) is 12.8 Å². The van der Waals surface area contributed by atoms with Crippen LogP contribution in [0.15, 0.2) is 6.07 Å². The molecule has 1 saturated carbocycles. The minimum absolute atomic E-state index is 0.319. The van der Waals surface area contributed by atoms with E-state index in [0.717, 1.165) is 6.42 Å². The lowest BCUT2D eigenvalue weighted by Gasteiger charge is -2.19. The molecule has 0 saturated heterocycles. The minimum atomic E-state index is 0.319. The summed E-state index contributed by atoms with van der Waals surface area (Å²) in [5.74, 6) is 1.61. The minimum Gasteiger partial charge on any atom is -0.382 e. The van der Waals surface area contributed by atoms with Gasteiger partial charge < -0.3 is 11.1 Å². The van der Waals surface area contributed by atoms with Gasteiger partial charge in [0.05, 0.1) is 10.0 Å². The molecule has 1 heterocycles. The van der Waals surface area contributed by atoms with Crippen molar-refractivity contribution in [2.75, 3.05) is 11.1 Å². The van der Waals surface area contributed by atoms with Gasteiger partial charge in [-0.05, 0) is 24.8 Å². The fourth-order valence-corrected chi connectivity index (χ4v) is 2.53. The summed E-state index contributed by atoms with van der Waals surface area (Å²) in [5.41, 5.74) is 5.66. The van der Waals surface area contributed by atoms with E-state index in [9.17, 15) is 0 Å². The standard InChI is InChI=1S/C11H15Cl2N3/c1-6-3-2-4-9(6)15-11-8(13)5-7(12)10(14)16-11/h5-6,9H,2-4H2,1H3,(H3,14,15,16). The molecule has 1 aromatic rings.